The molecule has 1 aromatic rings. The van der Waals surface area contributed by atoms with Gasteiger partial charge in [-0.25, -0.2) is 0 Å². The first-order chi connectivity index (χ1) is 8.13. The Kier molecular flexibility index (Phi) is 5.45. The average molecular weight is 238 g/mol. The van der Waals surface area contributed by atoms with Crippen molar-refractivity contribution in [3.63, 3.8) is 0 Å². The lowest BCUT2D eigenvalue weighted by atomic mass is 10.2. The van der Waals surface area contributed by atoms with Crippen molar-refractivity contribution in [1.82, 2.24) is 5.32 Å². The zero-order valence-corrected chi connectivity index (χ0v) is 10.1. The van der Waals surface area contributed by atoms with Crippen LogP contribution < -0.4 is 10.6 Å². The van der Waals surface area contributed by atoms with Gasteiger partial charge in [0, 0.05) is 13.7 Å². The van der Waals surface area contributed by atoms with Crippen molar-refractivity contribution >= 4 is 11.6 Å². The molecule has 5 nitrogen and oxygen atoms in total. The number of rotatable bonds is 6. The summed E-state index contributed by atoms with van der Waals surface area (Å²) in [6.45, 7) is 3.26. The Labute approximate surface area is 101 Å². The summed E-state index contributed by atoms with van der Waals surface area (Å²) in [6.07, 6.45) is 0. The Bertz CT molecular complexity index is 380. The van der Waals surface area contributed by atoms with Crippen LogP contribution in [0.25, 0.3) is 0 Å². The highest BCUT2D eigenvalue weighted by Crippen LogP contribution is 2.23. The minimum atomic E-state index is -0.193. The molecule has 0 fully saturated rings. The molecule has 0 radical (unpaired) electrons. The van der Waals surface area contributed by atoms with E-state index in [0.29, 0.717) is 18.8 Å². The number of methoxy groups -OCH3 is 1. The Morgan fingerprint density at radius 3 is 2.94 bits per heavy atom. The lowest BCUT2D eigenvalue weighted by molar-refractivity contribution is -0.115. The number of benzene rings is 1. The van der Waals surface area contributed by atoms with Crippen molar-refractivity contribution in [1.29, 1.82) is 0 Å². The third-order valence-corrected chi connectivity index (χ3v) is 2.19. The third kappa shape index (κ3) is 4.84. The number of carbonyl (C=O) groups excluding carboxylic acids is 1. The van der Waals surface area contributed by atoms with Crippen LogP contribution in [0.15, 0.2) is 18.2 Å². The van der Waals surface area contributed by atoms with Gasteiger partial charge in [-0.05, 0) is 24.6 Å². The van der Waals surface area contributed by atoms with E-state index in [0.717, 1.165) is 5.56 Å². The van der Waals surface area contributed by atoms with Crippen LogP contribution in [0, 0.1) is 6.92 Å². The minimum absolute atomic E-state index is 0.0702. The second-order valence-corrected chi connectivity index (χ2v) is 3.74. The SMILES string of the molecule is COCCNCC(=O)Nc1cc(C)ccc1O. The van der Waals surface area contributed by atoms with Gasteiger partial charge in [-0.1, -0.05) is 6.07 Å². The Morgan fingerprint density at radius 2 is 2.24 bits per heavy atom. The first-order valence-electron chi connectivity index (χ1n) is 5.42. The van der Waals surface area contributed by atoms with E-state index in [9.17, 15) is 9.90 Å². The predicted octanol–water partition coefficient (Wildman–Crippen LogP) is 0.875. The molecule has 0 aliphatic heterocycles. The molecular weight excluding hydrogens is 220 g/mol. The number of phenolic OH excluding ortho intramolecular Hbond substituents is 1. The van der Waals surface area contributed by atoms with Crippen molar-refractivity contribution in [3.05, 3.63) is 23.8 Å². The zero-order chi connectivity index (χ0) is 12.7. The Hall–Kier alpha value is -1.59. The number of anilines is 1. The van der Waals surface area contributed by atoms with Crippen molar-refractivity contribution in [2.24, 2.45) is 0 Å². The first-order valence-corrected chi connectivity index (χ1v) is 5.42. The molecule has 0 aliphatic carbocycles. The molecule has 0 saturated heterocycles. The molecule has 94 valence electrons. The van der Waals surface area contributed by atoms with Crippen molar-refractivity contribution in [2.45, 2.75) is 6.92 Å². The average Bonchev–Trinajstić information content (AvgIpc) is 2.29. The Balaban J connectivity index is 2.42. The third-order valence-electron chi connectivity index (χ3n) is 2.19. The van der Waals surface area contributed by atoms with Gasteiger partial charge in [0.05, 0.1) is 18.8 Å². The fraction of sp³-hybridized carbons (Fsp3) is 0.417. The molecule has 0 spiro atoms. The zero-order valence-electron chi connectivity index (χ0n) is 10.1. The summed E-state index contributed by atoms with van der Waals surface area (Å²) in [7, 11) is 1.60. The van der Waals surface area contributed by atoms with Crippen LogP contribution in [-0.4, -0.2) is 37.8 Å². The van der Waals surface area contributed by atoms with E-state index in [4.69, 9.17) is 4.74 Å². The van der Waals surface area contributed by atoms with Crippen LogP contribution in [0.3, 0.4) is 0 Å². The van der Waals surface area contributed by atoms with Crippen molar-refractivity contribution in [2.75, 3.05) is 32.1 Å². The van der Waals surface area contributed by atoms with Gasteiger partial charge >= 0.3 is 0 Å². The van der Waals surface area contributed by atoms with E-state index in [-0.39, 0.29) is 18.2 Å². The van der Waals surface area contributed by atoms with Crippen LogP contribution in [0.1, 0.15) is 5.56 Å². The lowest BCUT2D eigenvalue weighted by Gasteiger charge is -2.08. The summed E-state index contributed by atoms with van der Waals surface area (Å²) < 4.78 is 4.84. The largest absolute Gasteiger partial charge is 0.506 e. The number of carbonyl (C=O) groups is 1. The summed E-state index contributed by atoms with van der Waals surface area (Å²) >= 11 is 0. The first kappa shape index (κ1) is 13.5. The molecule has 0 bridgehead atoms. The molecule has 17 heavy (non-hydrogen) atoms. The molecule has 5 heteroatoms. The number of ether oxygens (including phenoxy) is 1. The fourth-order valence-electron chi connectivity index (χ4n) is 1.32. The standard InChI is InChI=1S/C12H18N2O3/c1-9-3-4-11(15)10(7-9)14-12(16)8-13-5-6-17-2/h3-4,7,13,15H,5-6,8H2,1-2H3,(H,14,16). The van der Waals surface area contributed by atoms with Gasteiger partial charge in [-0.2, -0.15) is 0 Å². The number of hydrogen-bond donors (Lipinski definition) is 3. The van der Waals surface area contributed by atoms with E-state index in [1.807, 2.05) is 6.92 Å². The van der Waals surface area contributed by atoms with Crippen LogP contribution in [-0.2, 0) is 9.53 Å². The normalized spacial score (nSPS) is 10.2. The van der Waals surface area contributed by atoms with E-state index < -0.39 is 0 Å². The predicted molar refractivity (Wildman–Crippen MR) is 66.2 cm³/mol. The van der Waals surface area contributed by atoms with E-state index >= 15 is 0 Å². The van der Waals surface area contributed by atoms with Crippen LogP contribution >= 0.6 is 0 Å². The van der Waals surface area contributed by atoms with E-state index in [2.05, 4.69) is 10.6 Å². The number of aromatic hydroxyl groups is 1. The molecule has 0 heterocycles. The molecular formula is C12H18N2O3. The van der Waals surface area contributed by atoms with Crippen molar-refractivity contribution in [3.8, 4) is 5.75 Å². The maximum atomic E-state index is 11.5. The summed E-state index contributed by atoms with van der Waals surface area (Å²) in [5.41, 5.74) is 1.41. The van der Waals surface area contributed by atoms with Gasteiger partial charge in [0.25, 0.3) is 0 Å². The summed E-state index contributed by atoms with van der Waals surface area (Å²) in [5, 5.41) is 15.1. The fourth-order valence-corrected chi connectivity index (χ4v) is 1.32. The molecule has 1 aromatic carbocycles. The van der Waals surface area contributed by atoms with Crippen LogP contribution in [0.5, 0.6) is 5.75 Å². The maximum absolute atomic E-state index is 11.5. The highest BCUT2D eigenvalue weighted by atomic mass is 16.5. The van der Waals surface area contributed by atoms with Gasteiger partial charge in [-0.3, -0.25) is 4.79 Å². The molecule has 0 unspecified atom stereocenters. The highest BCUT2D eigenvalue weighted by molar-refractivity contribution is 5.93. The smallest absolute Gasteiger partial charge is 0.238 e. The topological polar surface area (TPSA) is 70.6 Å². The maximum Gasteiger partial charge on any atom is 0.238 e. The quantitative estimate of drug-likeness (QED) is 0.508. The lowest BCUT2D eigenvalue weighted by Crippen LogP contribution is -2.30. The van der Waals surface area contributed by atoms with Gasteiger partial charge < -0.3 is 20.5 Å². The molecule has 0 aromatic heterocycles. The second-order valence-electron chi connectivity index (χ2n) is 3.74. The molecule has 3 N–H and O–H groups in total. The summed E-state index contributed by atoms with van der Waals surface area (Å²) in [6, 6.07) is 5.06. The monoisotopic (exact) mass is 238 g/mol. The number of phenols is 1. The van der Waals surface area contributed by atoms with Gasteiger partial charge in [-0.15, -0.1) is 0 Å². The van der Waals surface area contributed by atoms with Gasteiger partial charge in [0.1, 0.15) is 5.75 Å². The second kappa shape index (κ2) is 6.88. The number of aryl methyl sites for hydroxylation is 1. The summed E-state index contributed by atoms with van der Waals surface area (Å²) in [4.78, 5) is 11.5. The Morgan fingerprint density at radius 1 is 1.47 bits per heavy atom. The van der Waals surface area contributed by atoms with E-state index in [1.54, 1.807) is 25.3 Å². The number of hydrogen-bond acceptors (Lipinski definition) is 4. The van der Waals surface area contributed by atoms with Gasteiger partial charge in [0.15, 0.2) is 0 Å². The van der Waals surface area contributed by atoms with Crippen molar-refractivity contribution < 1.29 is 14.6 Å². The molecule has 0 aliphatic rings. The number of amides is 1. The molecule has 0 atom stereocenters. The van der Waals surface area contributed by atoms with E-state index in [1.165, 1.54) is 0 Å². The molecule has 1 rings (SSSR count). The summed E-state index contributed by atoms with van der Waals surface area (Å²) in [5.74, 6) is -0.122. The molecule has 1 amide bonds. The highest BCUT2D eigenvalue weighted by Gasteiger charge is 2.05. The van der Waals surface area contributed by atoms with Gasteiger partial charge in [0.2, 0.25) is 5.91 Å². The minimum Gasteiger partial charge on any atom is -0.506 e. The van der Waals surface area contributed by atoms with Crippen LogP contribution in [0.2, 0.25) is 0 Å². The molecule has 0 saturated carbocycles. The number of nitrogens with one attached hydrogen (secondary N) is 2. The van der Waals surface area contributed by atoms with Crippen LogP contribution in [0.4, 0.5) is 5.69 Å².